The van der Waals surface area contributed by atoms with Gasteiger partial charge in [-0.1, -0.05) is 42.5 Å². The van der Waals surface area contributed by atoms with Gasteiger partial charge in [0.25, 0.3) is 0 Å². The minimum absolute atomic E-state index is 0.102. The van der Waals surface area contributed by atoms with E-state index in [0.717, 1.165) is 40.4 Å². The van der Waals surface area contributed by atoms with Crippen molar-refractivity contribution < 1.29 is 32.9 Å². The van der Waals surface area contributed by atoms with Crippen LogP contribution in [0, 0.1) is 19.7 Å². The number of carbonyl (C=O) groups is 2. The van der Waals surface area contributed by atoms with Crippen LogP contribution in [-0.2, 0) is 0 Å². The first kappa shape index (κ1) is 34.6. The van der Waals surface area contributed by atoms with E-state index in [4.69, 9.17) is 18.9 Å². The van der Waals surface area contributed by atoms with Crippen LogP contribution < -0.4 is 18.9 Å². The van der Waals surface area contributed by atoms with Gasteiger partial charge in [0.2, 0.25) is 0 Å². The number of ketones is 2. The molecule has 0 unspecified atom stereocenters. The lowest BCUT2D eigenvalue weighted by Crippen LogP contribution is -2.05. The van der Waals surface area contributed by atoms with Crippen LogP contribution >= 0.6 is 0 Å². The predicted octanol–water partition coefficient (Wildman–Crippen LogP) is 9.04. The zero-order valence-electron chi connectivity index (χ0n) is 28.0. The van der Waals surface area contributed by atoms with Gasteiger partial charge in [0.1, 0.15) is 5.82 Å². The average Bonchev–Trinajstić information content (AvgIpc) is 3.11. The number of carbonyl (C=O) groups excluding carboxylic acids is 2. The molecule has 0 radical (unpaired) electrons. The van der Waals surface area contributed by atoms with Crippen molar-refractivity contribution in [3.8, 4) is 23.0 Å². The number of unbranched alkanes of at least 4 members (excludes halogenated alkanes) is 1. The molecule has 7 nitrogen and oxygen atoms in total. The van der Waals surface area contributed by atoms with Gasteiger partial charge < -0.3 is 18.9 Å². The predicted molar refractivity (Wildman–Crippen MR) is 191 cm³/mol. The molecule has 0 aliphatic carbocycles. The number of aryl methyl sites for hydroxylation is 2. The van der Waals surface area contributed by atoms with Crippen molar-refractivity contribution >= 4 is 34.6 Å². The number of methoxy groups -OCH3 is 2. The molecule has 0 spiro atoms. The molecule has 0 saturated heterocycles. The number of hydrogen-bond donors (Lipinski definition) is 0. The number of ether oxygens (including phenoxy) is 4. The lowest BCUT2D eigenvalue weighted by molar-refractivity contribution is 0.103. The first-order valence-corrected chi connectivity index (χ1v) is 16.0. The first-order valence-electron chi connectivity index (χ1n) is 16.0. The van der Waals surface area contributed by atoms with Crippen molar-refractivity contribution in [1.82, 2.24) is 4.98 Å². The van der Waals surface area contributed by atoms with Gasteiger partial charge in [-0.3, -0.25) is 14.6 Å². The number of halogens is 1. The molecule has 1 aromatic heterocycles. The summed E-state index contributed by atoms with van der Waals surface area (Å²) in [6.07, 6.45) is 7.94. The fourth-order valence-electron chi connectivity index (χ4n) is 5.41. The molecule has 5 aromatic rings. The topological polar surface area (TPSA) is 84.0 Å². The monoisotopic (exact) mass is 659 g/mol. The quantitative estimate of drug-likeness (QED) is 0.0630. The Kier molecular flexibility index (Phi) is 11.6. The van der Waals surface area contributed by atoms with E-state index in [0.29, 0.717) is 53.0 Å². The average molecular weight is 660 g/mol. The molecule has 0 aliphatic heterocycles. The Balaban J connectivity index is 1.10. The van der Waals surface area contributed by atoms with Crippen molar-refractivity contribution in [3.05, 3.63) is 136 Å². The van der Waals surface area contributed by atoms with Gasteiger partial charge in [-0.25, -0.2) is 4.39 Å². The Morgan fingerprint density at radius 3 is 1.82 bits per heavy atom. The van der Waals surface area contributed by atoms with Crippen LogP contribution in [0.2, 0.25) is 0 Å². The highest BCUT2D eigenvalue weighted by atomic mass is 19.1. The van der Waals surface area contributed by atoms with Crippen molar-refractivity contribution in [2.45, 2.75) is 26.7 Å². The summed E-state index contributed by atoms with van der Waals surface area (Å²) in [5.41, 5.74) is 5.10. The zero-order valence-corrected chi connectivity index (χ0v) is 28.0. The number of rotatable bonds is 15. The summed E-state index contributed by atoms with van der Waals surface area (Å²) < 4.78 is 36.1. The Labute approximate surface area is 285 Å². The number of fused-ring (bicyclic) bond motifs is 1. The van der Waals surface area contributed by atoms with Gasteiger partial charge in [-0.2, -0.15) is 0 Å². The maximum atomic E-state index is 13.2. The van der Waals surface area contributed by atoms with Crippen LogP contribution in [0.4, 0.5) is 4.39 Å². The third kappa shape index (κ3) is 8.78. The van der Waals surface area contributed by atoms with E-state index >= 15 is 0 Å². The summed E-state index contributed by atoms with van der Waals surface area (Å²) in [7, 11) is 3.14. The fourth-order valence-corrected chi connectivity index (χ4v) is 5.41. The van der Waals surface area contributed by atoms with Crippen molar-refractivity contribution in [3.63, 3.8) is 0 Å². The van der Waals surface area contributed by atoms with Crippen LogP contribution in [0.5, 0.6) is 23.0 Å². The van der Waals surface area contributed by atoms with Gasteiger partial charge >= 0.3 is 0 Å². The summed E-state index contributed by atoms with van der Waals surface area (Å²) in [5, 5.41) is 0.970. The second kappa shape index (κ2) is 16.4. The molecule has 1 heterocycles. The lowest BCUT2D eigenvalue weighted by atomic mass is 9.98. The molecule has 4 aromatic carbocycles. The van der Waals surface area contributed by atoms with Gasteiger partial charge in [0.15, 0.2) is 34.6 Å². The van der Waals surface area contributed by atoms with Crippen molar-refractivity contribution in [1.29, 1.82) is 0 Å². The van der Waals surface area contributed by atoms with E-state index in [1.165, 1.54) is 30.3 Å². The third-order valence-electron chi connectivity index (χ3n) is 7.99. The minimum atomic E-state index is -0.389. The number of nitrogens with zero attached hydrogens (tertiary/aromatic N) is 1. The van der Waals surface area contributed by atoms with Crippen molar-refractivity contribution in [2.75, 3.05) is 27.4 Å². The maximum absolute atomic E-state index is 13.2. The number of allylic oxidation sites excluding steroid dienone is 2. The smallest absolute Gasteiger partial charge is 0.187 e. The largest absolute Gasteiger partial charge is 0.493 e. The molecule has 250 valence electrons. The van der Waals surface area contributed by atoms with Gasteiger partial charge in [-0.05, 0) is 110 Å². The Morgan fingerprint density at radius 1 is 0.694 bits per heavy atom. The number of hydrogen-bond acceptors (Lipinski definition) is 7. The van der Waals surface area contributed by atoms with Crippen LogP contribution in [0.1, 0.15) is 55.9 Å². The standard InChI is InChI=1S/C41H38FNO6/c1-27-33-9-5-6-10-34(33)43-28(2)41(27)36(45)20-12-30-14-22-38(40(26-30)47-4)49-24-8-7-23-48-37-21-13-29(25-39(37)46-3)11-19-35(44)31-15-17-32(42)18-16-31/h5-6,9-22,25-26H,7-8,23-24H2,1-4H3/b19-11+,20-12+. The summed E-state index contributed by atoms with van der Waals surface area (Å²) in [5.74, 6) is 1.61. The highest BCUT2D eigenvalue weighted by molar-refractivity contribution is 6.10. The summed E-state index contributed by atoms with van der Waals surface area (Å²) in [6, 6.07) is 24.2. The number of benzene rings is 4. The highest BCUT2D eigenvalue weighted by Crippen LogP contribution is 2.31. The molecule has 49 heavy (non-hydrogen) atoms. The Morgan fingerprint density at radius 2 is 1.24 bits per heavy atom. The van der Waals surface area contributed by atoms with E-state index in [2.05, 4.69) is 4.98 Å². The van der Waals surface area contributed by atoms with E-state index in [1.807, 2.05) is 62.4 Å². The molecule has 0 amide bonds. The number of para-hydroxylation sites is 1. The highest BCUT2D eigenvalue weighted by Gasteiger charge is 2.15. The molecule has 0 aliphatic rings. The van der Waals surface area contributed by atoms with Crippen LogP contribution in [0.25, 0.3) is 23.1 Å². The molecule has 8 heteroatoms. The van der Waals surface area contributed by atoms with Crippen LogP contribution in [0.3, 0.4) is 0 Å². The summed E-state index contributed by atoms with van der Waals surface area (Å²) >= 11 is 0. The zero-order chi connectivity index (χ0) is 34.8. The molecule has 5 rings (SSSR count). The first-order chi connectivity index (χ1) is 23.8. The second-order valence-electron chi connectivity index (χ2n) is 11.3. The Hall–Kier alpha value is -5.76. The molecule has 0 atom stereocenters. The summed E-state index contributed by atoms with van der Waals surface area (Å²) in [6.45, 7) is 4.74. The van der Waals surface area contributed by atoms with Gasteiger partial charge in [-0.15, -0.1) is 0 Å². The van der Waals surface area contributed by atoms with Gasteiger partial charge in [0, 0.05) is 22.2 Å². The SMILES string of the molecule is COc1cc(/C=C/C(=O)c2ccc(F)cc2)ccc1OCCCCOc1ccc(/C=C/C(=O)c2c(C)nc3ccccc3c2C)cc1OC. The van der Waals surface area contributed by atoms with Gasteiger partial charge in [0.05, 0.1) is 33.0 Å². The van der Waals surface area contributed by atoms with E-state index in [9.17, 15) is 14.0 Å². The third-order valence-corrected chi connectivity index (χ3v) is 7.99. The normalized spacial score (nSPS) is 11.3. The fraction of sp³-hybridized carbons (Fsp3) is 0.195. The molecular weight excluding hydrogens is 621 g/mol. The molecular formula is C41H38FNO6. The van der Waals surface area contributed by atoms with E-state index in [1.54, 1.807) is 44.6 Å². The molecule has 0 bridgehead atoms. The van der Waals surface area contributed by atoms with E-state index in [-0.39, 0.29) is 17.4 Å². The lowest BCUT2D eigenvalue weighted by Gasteiger charge is -2.13. The molecule has 0 saturated carbocycles. The maximum Gasteiger partial charge on any atom is 0.187 e. The minimum Gasteiger partial charge on any atom is -0.493 e. The number of pyridine rings is 1. The van der Waals surface area contributed by atoms with Crippen molar-refractivity contribution in [2.24, 2.45) is 0 Å². The van der Waals surface area contributed by atoms with Crippen LogP contribution in [-0.4, -0.2) is 44.0 Å². The molecule has 0 N–H and O–H groups in total. The summed E-state index contributed by atoms with van der Waals surface area (Å²) in [4.78, 5) is 30.2. The second-order valence-corrected chi connectivity index (χ2v) is 11.3. The Bertz CT molecular complexity index is 2020. The molecule has 0 fully saturated rings. The van der Waals surface area contributed by atoms with Crippen LogP contribution in [0.15, 0.2) is 97.1 Å². The van der Waals surface area contributed by atoms with E-state index < -0.39 is 0 Å². The number of aromatic nitrogens is 1.